The summed E-state index contributed by atoms with van der Waals surface area (Å²) in [5.74, 6) is 2.99. The van der Waals surface area contributed by atoms with E-state index in [-0.39, 0.29) is 6.04 Å². The summed E-state index contributed by atoms with van der Waals surface area (Å²) in [6.45, 7) is 2.68. The van der Waals surface area contributed by atoms with Crippen LogP contribution in [0.25, 0.3) is 0 Å². The van der Waals surface area contributed by atoms with Gasteiger partial charge >= 0.3 is 0 Å². The van der Waals surface area contributed by atoms with E-state index in [1.54, 1.807) is 27.6 Å². The van der Waals surface area contributed by atoms with Gasteiger partial charge in [0.25, 0.3) is 0 Å². The molecule has 21 heavy (non-hydrogen) atoms. The number of ether oxygens (including phenoxy) is 3. The third-order valence-electron chi connectivity index (χ3n) is 3.36. The standard InChI is InChI=1S/C16H21NO4/c1-11(13-6-5-7-21-13)17-10-12-8-15(19-3)16(20-4)9-14(12)18-2/h5-9,11,17H,10H2,1-4H3/t11-/m1/s1. The number of benzene rings is 1. The number of methoxy groups -OCH3 is 3. The van der Waals surface area contributed by atoms with Gasteiger partial charge in [-0.3, -0.25) is 0 Å². The van der Waals surface area contributed by atoms with Crippen molar-refractivity contribution >= 4 is 0 Å². The topological polar surface area (TPSA) is 52.9 Å². The van der Waals surface area contributed by atoms with Crippen molar-refractivity contribution in [3.05, 3.63) is 41.9 Å². The summed E-state index contributed by atoms with van der Waals surface area (Å²) in [6, 6.07) is 7.68. The summed E-state index contributed by atoms with van der Waals surface area (Å²) in [5.41, 5.74) is 0.994. The Morgan fingerprint density at radius 3 is 2.29 bits per heavy atom. The molecule has 5 nitrogen and oxygen atoms in total. The van der Waals surface area contributed by atoms with Crippen LogP contribution >= 0.6 is 0 Å². The lowest BCUT2D eigenvalue weighted by molar-refractivity contribution is 0.346. The first-order valence-corrected chi connectivity index (χ1v) is 6.75. The van der Waals surface area contributed by atoms with Crippen LogP contribution in [0.2, 0.25) is 0 Å². The molecule has 0 saturated carbocycles. The molecule has 1 N–H and O–H groups in total. The van der Waals surface area contributed by atoms with Crippen molar-refractivity contribution in [3.8, 4) is 17.2 Å². The Labute approximate surface area is 124 Å². The molecule has 0 aliphatic heterocycles. The van der Waals surface area contributed by atoms with Gasteiger partial charge in [0.15, 0.2) is 11.5 Å². The SMILES string of the molecule is COc1cc(OC)c(OC)cc1CN[C@H](C)c1ccco1. The number of nitrogens with one attached hydrogen (secondary N) is 1. The second-order valence-corrected chi connectivity index (χ2v) is 4.64. The van der Waals surface area contributed by atoms with Gasteiger partial charge in [-0.1, -0.05) is 0 Å². The number of rotatable bonds is 7. The molecule has 2 rings (SSSR count). The van der Waals surface area contributed by atoms with Gasteiger partial charge in [-0.05, 0) is 25.1 Å². The predicted molar refractivity (Wildman–Crippen MR) is 80.1 cm³/mol. The highest BCUT2D eigenvalue weighted by molar-refractivity contribution is 5.50. The van der Waals surface area contributed by atoms with Crippen LogP contribution in [0.1, 0.15) is 24.3 Å². The van der Waals surface area contributed by atoms with Crippen molar-refractivity contribution in [2.24, 2.45) is 0 Å². The lowest BCUT2D eigenvalue weighted by atomic mass is 10.1. The minimum atomic E-state index is 0.109. The molecule has 0 bridgehead atoms. The Balaban J connectivity index is 2.15. The quantitative estimate of drug-likeness (QED) is 0.849. The highest BCUT2D eigenvalue weighted by atomic mass is 16.5. The lowest BCUT2D eigenvalue weighted by Crippen LogP contribution is -2.18. The molecule has 0 radical (unpaired) electrons. The molecule has 0 unspecified atom stereocenters. The van der Waals surface area contributed by atoms with E-state index in [0.717, 1.165) is 17.1 Å². The van der Waals surface area contributed by atoms with E-state index < -0.39 is 0 Å². The number of hydrogen-bond acceptors (Lipinski definition) is 5. The maximum atomic E-state index is 5.41. The van der Waals surface area contributed by atoms with Crippen LogP contribution in [0.3, 0.4) is 0 Å². The molecule has 1 aromatic carbocycles. The van der Waals surface area contributed by atoms with Crippen LogP contribution in [-0.2, 0) is 6.54 Å². The Morgan fingerprint density at radius 2 is 1.71 bits per heavy atom. The van der Waals surface area contributed by atoms with Gasteiger partial charge in [-0.15, -0.1) is 0 Å². The molecule has 1 aromatic heterocycles. The summed E-state index contributed by atoms with van der Waals surface area (Å²) in [4.78, 5) is 0. The van der Waals surface area contributed by atoms with Crippen molar-refractivity contribution in [2.45, 2.75) is 19.5 Å². The van der Waals surface area contributed by atoms with Crippen molar-refractivity contribution in [1.82, 2.24) is 5.32 Å². The van der Waals surface area contributed by atoms with Gasteiger partial charge in [-0.2, -0.15) is 0 Å². The monoisotopic (exact) mass is 291 g/mol. The number of furan rings is 1. The fraction of sp³-hybridized carbons (Fsp3) is 0.375. The largest absolute Gasteiger partial charge is 0.496 e. The van der Waals surface area contributed by atoms with Crippen molar-refractivity contribution < 1.29 is 18.6 Å². The lowest BCUT2D eigenvalue weighted by Gasteiger charge is -2.16. The molecule has 2 aromatic rings. The van der Waals surface area contributed by atoms with Gasteiger partial charge in [0.1, 0.15) is 11.5 Å². The third-order valence-corrected chi connectivity index (χ3v) is 3.36. The normalized spacial score (nSPS) is 12.0. The molecule has 1 atom stereocenters. The summed E-state index contributed by atoms with van der Waals surface area (Å²) in [6.07, 6.45) is 1.67. The zero-order valence-corrected chi connectivity index (χ0v) is 12.8. The molecule has 0 fully saturated rings. The van der Waals surface area contributed by atoms with Crippen molar-refractivity contribution in [2.75, 3.05) is 21.3 Å². The van der Waals surface area contributed by atoms with E-state index in [2.05, 4.69) is 5.32 Å². The summed E-state index contributed by atoms with van der Waals surface area (Å²) in [5, 5.41) is 3.39. The second kappa shape index (κ2) is 7.04. The molecular formula is C16H21NO4. The maximum absolute atomic E-state index is 5.41. The highest BCUT2D eigenvalue weighted by Gasteiger charge is 2.13. The van der Waals surface area contributed by atoms with E-state index >= 15 is 0 Å². The van der Waals surface area contributed by atoms with Crippen molar-refractivity contribution in [1.29, 1.82) is 0 Å². The average Bonchev–Trinajstić information content (AvgIpc) is 3.06. The average molecular weight is 291 g/mol. The van der Waals surface area contributed by atoms with Gasteiger partial charge in [0.2, 0.25) is 0 Å². The van der Waals surface area contributed by atoms with E-state index in [9.17, 15) is 0 Å². The molecule has 0 amide bonds. The molecule has 1 heterocycles. The van der Waals surface area contributed by atoms with E-state index in [1.165, 1.54) is 0 Å². The smallest absolute Gasteiger partial charge is 0.164 e. The number of hydrogen-bond donors (Lipinski definition) is 1. The third kappa shape index (κ3) is 3.49. The Bertz CT molecular complexity index is 566. The van der Waals surface area contributed by atoms with E-state index in [1.807, 2.05) is 31.2 Å². The van der Waals surface area contributed by atoms with Crippen LogP contribution in [0.5, 0.6) is 17.2 Å². The minimum absolute atomic E-state index is 0.109. The fourth-order valence-corrected chi connectivity index (χ4v) is 2.13. The molecule has 114 valence electrons. The van der Waals surface area contributed by atoms with Crippen molar-refractivity contribution in [3.63, 3.8) is 0 Å². The molecule has 0 saturated heterocycles. The minimum Gasteiger partial charge on any atom is -0.496 e. The molecule has 5 heteroatoms. The summed E-state index contributed by atoms with van der Waals surface area (Å²) < 4.78 is 21.4. The highest BCUT2D eigenvalue weighted by Crippen LogP contribution is 2.34. The first kappa shape index (κ1) is 15.3. The van der Waals surface area contributed by atoms with Crippen LogP contribution in [0, 0.1) is 0 Å². The summed E-state index contributed by atoms with van der Waals surface area (Å²) >= 11 is 0. The fourth-order valence-electron chi connectivity index (χ4n) is 2.13. The maximum Gasteiger partial charge on any atom is 0.164 e. The Kier molecular flexibility index (Phi) is 5.11. The van der Waals surface area contributed by atoms with Crippen LogP contribution in [-0.4, -0.2) is 21.3 Å². The van der Waals surface area contributed by atoms with Crippen LogP contribution < -0.4 is 19.5 Å². The van der Waals surface area contributed by atoms with Crippen LogP contribution in [0.4, 0.5) is 0 Å². The van der Waals surface area contributed by atoms with Gasteiger partial charge < -0.3 is 23.9 Å². The summed E-state index contributed by atoms with van der Waals surface area (Å²) in [7, 11) is 4.86. The Hall–Kier alpha value is -2.14. The Morgan fingerprint density at radius 1 is 1.05 bits per heavy atom. The first-order chi connectivity index (χ1) is 10.2. The second-order valence-electron chi connectivity index (χ2n) is 4.64. The molecule has 0 aliphatic rings. The van der Waals surface area contributed by atoms with E-state index in [0.29, 0.717) is 18.0 Å². The van der Waals surface area contributed by atoms with E-state index in [4.69, 9.17) is 18.6 Å². The van der Waals surface area contributed by atoms with Crippen LogP contribution in [0.15, 0.2) is 34.9 Å². The first-order valence-electron chi connectivity index (χ1n) is 6.75. The zero-order chi connectivity index (χ0) is 15.2. The molecular weight excluding hydrogens is 270 g/mol. The van der Waals surface area contributed by atoms with Gasteiger partial charge in [0, 0.05) is 18.2 Å². The zero-order valence-electron chi connectivity index (χ0n) is 12.8. The van der Waals surface area contributed by atoms with Gasteiger partial charge in [-0.25, -0.2) is 0 Å². The van der Waals surface area contributed by atoms with Gasteiger partial charge in [0.05, 0.1) is 33.6 Å². The predicted octanol–water partition coefficient (Wildman–Crippen LogP) is 3.16. The molecule has 0 aliphatic carbocycles. The molecule has 0 spiro atoms.